The van der Waals surface area contributed by atoms with Crippen molar-refractivity contribution >= 4 is 5.91 Å². The molecule has 1 aromatic carbocycles. The molecule has 0 aliphatic carbocycles. The van der Waals surface area contributed by atoms with Crippen molar-refractivity contribution in [1.29, 1.82) is 0 Å². The van der Waals surface area contributed by atoms with Crippen LogP contribution in [-0.2, 0) is 0 Å². The lowest BCUT2D eigenvalue weighted by Crippen LogP contribution is -2.31. The molecule has 17 heavy (non-hydrogen) atoms. The Morgan fingerprint density at radius 1 is 1.47 bits per heavy atom. The second kappa shape index (κ2) is 6.10. The summed E-state index contributed by atoms with van der Waals surface area (Å²) in [6.07, 6.45) is 0. The molecule has 1 rings (SSSR count). The Morgan fingerprint density at radius 2 is 2.18 bits per heavy atom. The number of carbonyl (C=O) groups excluding carboxylic acids is 1. The molecule has 94 valence electrons. The first-order chi connectivity index (χ1) is 8.06. The number of likely N-dealkylation sites (N-methyl/N-ethyl adjacent to an activating group) is 1. The van der Waals surface area contributed by atoms with Gasteiger partial charge in [0.2, 0.25) is 0 Å². The smallest absolute Gasteiger partial charge is 0.258 e. The Hall–Kier alpha value is -1.75. The van der Waals surface area contributed by atoms with E-state index in [1.807, 2.05) is 19.0 Å². The number of phenolic OH excluding ortho intramolecular Hbond substituents is 1. The fourth-order valence-corrected chi connectivity index (χ4v) is 1.40. The van der Waals surface area contributed by atoms with Crippen LogP contribution in [0.4, 0.5) is 0 Å². The van der Waals surface area contributed by atoms with Crippen LogP contribution in [0.2, 0.25) is 0 Å². The normalized spacial score (nSPS) is 10.4. The highest BCUT2D eigenvalue weighted by atomic mass is 16.5. The molecule has 0 radical (unpaired) electrons. The van der Waals surface area contributed by atoms with Crippen LogP contribution in [0.1, 0.15) is 10.4 Å². The van der Waals surface area contributed by atoms with Crippen LogP contribution in [0.15, 0.2) is 18.2 Å². The zero-order chi connectivity index (χ0) is 12.8. The lowest BCUT2D eigenvalue weighted by atomic mass is 10.1. The van der Waals surface area contributed by atoms with Gasteiger partial charge in [0.15, 0.2) is 0 Å². The lowest BCUT2D eigenvalue weighted by Gasteiger charge is -2.12. The lowest BCUT2D eigenvalue weighted by molar-refractivity contribution is 0.0945. The van der Waals surface area contributed by atoms with Gasteiger partial charge in [0.1, 0.15) is 17.1 Å². The Kier molecular flexibility index (Phi) is 4.78. The molecule has 0 bridgehead atoms. The van der Waals surface area contributed by atoms with Crippen molar-refractivity contribution in [3.8, 4) is 11.5 Å². The Bertz CT molecular complexity index is 391. The molecule has 0 unspecified atom stereocenters. The molecule has 0 aliphatic rings. The third-order valence-electron chi connectivity index (χ3n) is 2.30. The van der Waals surface area contributed by atoms with Gasteiger partial charge >= 0.3 is 0 Å². The van der Waals surface area contributed by atoms with Crippen molar-refractivity contribution in [2.24, 2.45) is 0 Å². The van der Waals surface area contributed by atoms with Crippen molar-refractivity contribution in [2.45, 2.75) is 0 Å². The number of carbonyl (C=O) groups is 1. The van der Waals surface area contributed by atoms with Crippen LogP contribution in [-0.4, -0.2) is 50.2 Å². The fourth-order valence-electron chi connectivity index (χ4n) is 1.40. The molecule has 0 spiro atoms. The minimum absolute atomic E-state index is 0.0771. The third-order valence-corrected chi connectivity index (χ3v) is 2.30. The zero-order valence-electron chi connectivity index (χ0n) is 10.4. The molecule has 0 saturated heterocycles. The molecular formula is C12H18N2O3. The average Bonchev–Trinajstić information content (AvgIpc) is 2.27. The summed E-state index contributed by atoms with van der Waals surface area (Å²) in [6, 6.07) is 4.73. The Morgan fingerprint density at radius 3 is 2.76 bits per heavy atom. The van der Waals surface area contributed by atoms with Crippen molar-refractivity contribution < 1.29 is 14.6 Å². The quantitative estimate of drug-likeness (QED) is 0.792. The van der Waals surface area contributed by atoms with Crippen molar-refractivity contribution in [3.05, 3.63) is 23.8 Å². The van der Waals surface area contributed by atoms with E-state index in [0.717, 1.165) is 6.54 Å². The highest BCUT2D eigenvalue weighted by Crippen LogP contribution is 2.26. The number of amides is 1. The molecule has 1 aromatic rings. The van der Waals surface area contributed by atoms with E-state index in [0.29, 0.717) is 12.3 Å². The number of nitrogens with one attached hydrogen (secondary N) is 1. The van der Waals surface area contributed by atoms with E-state index >= 15 is 0 Å². The molecule has 1 amide bonds. The van der Waals surface area contributed by atoms with E-state index in [1.54, 1.807) is 12.1 Å². The van der Waals surface area contributed by atoms with Crippen LogP contribution in [0, 0.1) is 0 Å². The van der Waals surface area contributed by atoms with Gasteiger partial charge in [-0.2, -0.15) is 0 Å². The van der Waals surface area contributed by atoms with Gasteiger partial charge in [0.25, 0.3) is 5.91 Å². The fraction of sp³-hybridized carbons (Fsp3) is 0.417. The summed E-state index contributed by atoms with van der Waals surface area (Å²) in [5, 5.41) is 12.4. The summed E-state index contributed by atoms with van der Waals surface area (Å²) in [5.74, 6) is -0.0409. The van der Waals surface area contributed by atoms with Gasteiger partial charge in [0.05, 0.1) is 7.11 Å². The summed E-state index contributed by atoms with van der Waals surface area (Å²) in [7, 11) is 5.31. The number of ether oxygens (including phenoxy) is 1. The predicted octanol–water partition coefficient (Wildman–Crippen LogP) is 0.692. The molecular weight excluding hydrogens is 220 g/mol. The topological polar surface area (TPSA) is 61.8 Å². The standard InChI is InChI=1S/C12H18N2O3/c1-14(2)8-7-13-12(16)11-9(15)5-4-6-10(11)17-3/h4-6,15H,7-8H2,1-3H3,(H,13,16). The van der Waals surface area contributed by atoms with Gasteiger partial charge in [-0.25, -0.2) is 0 Å². The summed E-state index contributed by atoms with van der Waals surface area (Å²) < 4.78 is 5.04. The second-order valence-corrected chi connectivity index (χ2v) is 3.91. The van der Waals surface area contributed by atoms with Crippen LogP contribution in [0.3, 0.4) is 0 Å². The molecule has 0 aliphatic heterocycles. The molecule has 0 aromatic heterocycles. The van der Waals surface area contributed by atoms with E-state index in [9.17, 15) is 9.90 Å². The SMILES string of the molecule is COc1cccc(O)c1C(=O)NCCN(C)C. The van der Waals surface area contributed by atoms with Gasteiger partial charge in [0, 0.05) is 13.1 Å². The molecule has 0 saturated carbocycles. The van der Waals surface area contributed by atoms with Gasteiger partial charge in [-0.05, 0) is 26.2 Å². The van der Waals surface area contributed by atoms with E-state index in [1.165, 1.54) is 13.2 Å². The molecule has 2 N–H and O–H groups in total. The van der Waals surface area contributed by atoms with Crippen LogP contribution in [0.5, 0.6) is 11.5 Å². The second-order valence-electron chi connectivity index (χ2n) is 3.91. The van der Waals surface area contributed by atoms with Crippen LogP contribution >= 0.6 is 0 Å². The van der Waals surface area contributed by atoms with E-state index in [2.05, 4.69) is 5.32 Å². The molecule has 5 heteroatoms. The molecule has 0 fully saturated rings. The van der Waals surface area contributed by atoms with Crippen LogP contribution < -0.4 is 10.1 Å². The first-order valence-electron chi connectivity index (χ1n) is 5.35. The van der Waals surface area contributed by atoms with Gasteiger partial charge in [-0.15, -0.1) is 0 Å². The zero-order valence-corrected chi connectivity index (χ0v) is 10.4. The number of phenols is 1. The van der Waals surface area contributed by atoms with E-state index in [4.69, 9.17) is 4.74 Å². The summed E-state index contributed by atoms with van der Waals surface area (Å²) in [6.45, 7) is 1.25. The minimum Gasteiger partial charge on any atom is -0.507 e. The maximum atomic E-state index is 11.9. The first-order valence-corrected chi connectivity index (χ1v) is 5.35. The van der Waals surface area contributed by atoms with Crippen molar-refractivity contribution in [2.75, 3.05) is 34.3 Å². The Balaban J connectivity index is 2.74. The maximum Gasteiger partial charge on any atom is 0.258 e. The monoisotopic (exact) mass is 238 g/mol. The number of nitrogens with zero attached hydrogens (tertiary/aromatic N) is 1. The Labute approximate surface area is 101 Å². The first kappa shape index (κ1) is 13.3. The summed E-state index contributed by atoms with van der Waals surface area (Å²) in [5.41, 5.74) is 0.175. The van der Waals surface area contributed by atoms with Gasteiger partial charge in [-0.1, -0.05) is 6.07 Å². The third kappa shape index (κ3) is 3.64. The van der Waals surface area contributed by atoms with E-state index < -0.39 is 0 Å². The molecule has 0 heterocycles. The van der Waals surface area contributed by atoms with Crippen LogP contribution in [0.25, 0.3) is 0 Å². The number of benzene rings is 1. The number of hydrogen-bond acceptors (Lipinski definition) is 4. The number of rotatable bonds is 5. The highest BCUT2D eigenvalue weighted by Gasteiger charge is 2.16. The maximum absolute atomic E-state index is 11.9. The number of aromatic hydroxyl groups is 1. The summed E-state index contributed by atoms with van der Waals surface area (Å²) >= 11 is 0. The van der Waals surface area contributed by atoms with E-state index in [-0.39, 0.29) is 17.2 Å². The van der Waals surface area contributed by atoms with Gasteiger partial charge in [-0.3, -0.25) is 4.79 Å². The highest BCUT2D eigenvalue weighted by molar-refractivity contribution is 5.99. The number of hydrogen-bond donors (Lipinski definition) is 2. The summed E-state index contributed by atoms with van der Waals surface area (Å²) in [4.78, 5) is 13.8. The van der Waals surface area contributed by atoms with Gasteiger partial charge < -0.3 is 20.1 Å². The number of methoxy groups -OCH3 is 1. The minimum atomic E-state index is -0.332. The average molecular weight is 238 g/mol. The van der Waals surface area contributed by atoms with Crippen molar-refractivity contribution in [3.63, 3.8) is 0 Å². The predicted molar refractivity (Wildman–Crippen MR) is 65.5 cm³/mol. The molecule has 5 nitrogen and oxygen atoms in total. The molecule has 0 atom stereocenters. The largest absolute Gasteiger partial charge is 0.507 e. The van der Waals surface area contributed by atoms with Crippen molar-refractivity contribution in [1.82, 2.24) is 10.2 Å².